The number of nitrogens with zero attached hydrogens (tertiary/aromatic N) is 1. The fourth-order valence-corrected chi connectivity index (χ4v) is 3.30. The van der Waals surface area contributed by atoms with Crippen LogP contribution in [0.5, 0.6) is 5.88 Å². The van der Waals surface area contributed by atoms with Crippen LogP contribution in [0, 0.1) is 0 Å². The van der Waals surface area contributed by atoms with Crippen LogP contribution in [0.3, 0.4) is 0 Å². The Morgan fingerprint density at radius 1 is 1.47 bits per heavy atom. The van der Waals surface area contributed by atoms with Gasteiger partial charge in [0.1, 0.15) is 0 Å². The molecule has 1 N–H and O–H groups in total. The molecule has 0 saturated carbocycles. The van der Waals surface area contributed by atoms with Gasteiger partial charge < -0.3 is 10.1 Å². The van der Waals surface area contributed by atoms with Crippen molar-refractivity contribution in [2.24, 2.45) is 0 Å². The molecule has 0 radical (unpaired) electrons. The highest BCUT2D eigenvalue weighted by molar-refractivity contribution is 9.10. The third-order valence-corrected chi connectivity index (χ3v) is 4.43. The molecule has 0 fully saturated rings. The van der Waals surface area contributed by atoms with Crippen molar-refractivity contribution in [3.63, 3.8) is 0 Å². The van der Waals surface area contributed by atoms with E-state index in [4.69, 9.17) is 4.74 Å². The number of pyridine rings is 1. The van der Waals surface area contributed by atoms with Gasteiger partial charge in [0.15, 0.2) is 0 Å². The summed E-state index contributed by atoms with van der Waals surface area (Å²) < 4.78 is 6.34. The van der Waals surface area contributed by atoms with Gasteiger partial charge in [0.25, 0.3) is 0 Å². The number of hydrogen-bond acceptors (Lipinski definition) is 4. The molecule has 0 amide bonds. The number of ether oxygens (including phenoxy) is 1. The molecule has 2 aromatic rings. The molecule has 0 spiro atoms. The zero-order valence-electron chi connectivity index (χ0n) is 9.61. The second-order valence-electron chi connectivity index (χ2n) is 3.56. The van der Waals surface area contributed by atoms with E-state index in [2.05, 4.69) is 44.6 Å². The van der Waals surface area contributed by atoms with E-state index in [-0.39, 0.29) is 6.04 Å². The van der Waals surface area contributed by atoms with E-state index in [0.29, 0.717) is 5.88 Å². The summed E-state index contributed by atoms with van der Waals surface area (Å²) in [7, 11) is 1.62. The fraction of sp³-hybridized carbons (Fsp3) is 0.250. The van der Waals surface area contributed by atoms with Crippen LogP contribution in [0.1, 0.15) is 17.8 Å². The van der Waals surface area contributed by atoms with Gasteiger partial charge in [-0.15, -0.1) is 11.3 Å². The summed E-state index contributed by atoms with van der Waals surface area (Å²) in [4.78, 5) is 5.42. The van der Waals surface area contributed by atoms with Gasteiger partial charge >= 0.3 is 0 Å². The second kappa shape index (κ2) is 5.51. The fourth-order valence-electron chi connectivity index (χ4n) is 1.58. The van der Waals surface area contributed by atoms with Gasteiger partial charge in [0.05, 0.1) is 18.8 Å². The molecule has 0 saturated heterocycles. The Bertz CT molecular complexity index is 501. The van der Waals surface area contributed by atoms with Crippen molar-refractivity contribution in [2.75, 3.05) is 12.4 Å². The number of methoxy groups -OCH3 is 1. The van der Waals surface area contributed by atoms with Crippen molar-refractivity contribution in [3.8, 4) is 5.88 Å². The van der Waals surface area contributed by atoms with Gasteiger partial charge in [0, 0.05) is 15.5 Å². The van der Waals surface area contributed by atoms with Crippen molar-refractivity contribution < 1.29 is 4.74 Å². The Balaban J connectivity index is 2.18. The maximum absolute atomic E-state index is 5.21. The Labute approximate surface area is 113 Å². The lowest BCUT2D eigenvalue weighted by Gasteiger charge is -2.16. The van der Waals surface area contributed by atoms with Crippen molar-refractivity contribution >= 4 is 33.0 Å². The molecule has 0 aromatic carbocycles. The molecule has 90 valence electrons. The third kappa shape index (κ3) is 2.79. The van der Waals surface area contributed by atoms with E-state index in [1.165, 1.54) is 4.88 Å². The number of anilines is 1. The van der Waals surface area contributed by atoms with Crippen LogP contribution < -0.4 is 10.1 Å². The van der Waals surface area contributed by atoms with Crippen molar-refractivity contribution in [3.05, 3.63) is 39.1 Å². The molecule has 3 nitrogen and oxygen atoms in total. The van der Waals surface area contributed by atoms with E-state index in [9.17, 15) is 0 Å². The summed E-state index contributed by atoms with van der Waals surface area (Å²) in [6.45, 7) is 2.11. The maximum Gasteiger partial charge on any atom is 0.237 e. The largest absolute Gasteiger partial charge is 0.480 e. The highest BCUT2D eigenvalue weighted by atomic mass is 79.9. The number of hydrogen-bond donors (Lipinski definition) is 1. The molecule has 1 atom stereocenters. The van der Waals surface area contributed by atoms with Gasteiger partial charge in [-0.05, 0) is 46.4 Å². The Kier molecular flexibility index (Phi) is 4.02. The monoisotopic (exact) mass is 312 g/mol. The first-order chi connectivity index (χ1) is 8.22. The second-order valence-corrected chi connectivity index (χ2v) is 5.36. The minimum absolute atomic E-state index is 0.211. The number of nitrogens with one attached hydrogen (secondary N) is 1. The quantitative estimate of drug-likeness (QED) is 0.923. The molecule has 2 heterocycles. The van der Waals surface area contributed by atoms with Crippen LogP contribution >= 0.6 is 27.3 Å². The van der Waals surface area contributed by atoms with Crippen LogP contribution in [0.4, 0.5) is 5.69 Å². The summed E-state index contributed by atoms with van der Waals surface area (Å²) in [6, 6.07) is 6.12. The molecule has 5 heteroatoms. The van der Waals surface area contributed by atoms with Gasteiger partial charge in [-0.25, -0.2) is 4.98 Å². The molecule has 2 rings (SSSR count). The third-order valence-electron chi connectivity index (χ3n) is 2.37. The van der Waals surface area contributed by atoms with Crippen molar-refractivity contribution in [1.82, 2.24) is 4.98 Å². The predicted molar refractivity (Wildman–Crippen MR) is 74.8 cm³/mol. The predicted octanol–water partition coefficient (Wildman–Crippen LogP) is 4.09. The minimum Gasteiger partial charge on any atom is -0.480 e. The maximum atomic E-state index is 5.21. The zero-order chi connectivity index (χ0) is 12.3. The summed E-state index contributed by atoms with van der Waals surface area (Å²) in [6.07, 6.45) is 1.72. The zero-order valence-corrected chi connectivity index (χ0v) is 12.0. The molecule has 0 aliphatic rings. The lowest BCUT2D eigenvalue weighted by Crippen LogP contribution is -2.07. The van der Waals surface area contributed by atoms with E-state index in [0.717, 1.165) is 10.2 Å². The van der Waals surface area contributed by atoms with E-state index < -0.39 is 0 Å². The SMILES string of the molecule is COc1ncccc1NC(C)c1sccc1Br. The first-order valence-corrected chi connectivity index (χ1v) is 6.88. The highest BCUT2D eigenvalue weighted by Gasteiger charge is 2.12. The first kappa shape index (κ1) is 12.4. The summed E-state index contributed by atoms with van der Waals surface area (Å²) in [5, 5.41) is 5.47. The number of thiophene rings is 1. The van der Waals surface area contributed by atoms with E-state index in [1.807, 2.05) is 12.1 Å². The topological polar surface area (TPSA) is 34.1 Å². The lowest BCUT2D eigenvalue weighted by atomic mass is 10.2. The summed E-state index contributed by atoms with van der Waals surface area (Å²) in [5.74, 6) is 0.618. The summed E-state index contributed by atoms with van der Waals surface area (Å²) >= 11 is 5.26. The number of rotatable bonds is 4. The van der Waals surface area contributed by atoms with E-state index in [1.54, 1.807) is 24.6 Å². The van der Waals surface area contributed by atoms with Gasteiger partial charge in [0.2, 0.25) is 5.88 Å². The standard InChI is InChI=1S/C12H13BrN2OS/c1-8(11-9(13)5-7-17-11)15-10-4-3-6-14-12(10)16-2/h3-8,15H,1-2H3. The van der Waals surface area contributed by atoms with Gasteiger partial charge in [-0.2, -0.15) is 0 Å². The minimum atomic E-state index is 0.211. The number of halogens is 1. The van der Waals surface area contributed by atoms with Gasteiger partial charge in [-0.1, -0.05) is 0 Å². The average Bonchev–Trinajstić information content (AvgIpc) is 2.76. The van der Waals surface area contributed by atoms with E-state index >= 15 is 0 Å². The van der Waals surface area contributed by atoms with Crippen LogP contribution in [-0.2, 0) is 0 Å². The van der Waals surface area contributed by atoms with Crippen molar-refractivity contribution in [1.29, 1.82) is 0 Å². The normalized spacial score (nSPS) is 12.2. The number of aromatic nitrogens is 1. The van der Waals surface area contributed by atoms with Crippen LogP contribution in [0.2, 0.25) is 0 Å². The first-order valence-electron chi connectivity index (χ1n) is 5.21. The molecule has 2 aromatic heterocycles. The smallest absolute Gasteiger partial charge is 0.237 e. The molecule has 0 bridgehead atoms. The van der Waals surface area contributed by atoms with Crippen molar-refractivity contribution in [2.45, 2.75) is 13.0 Å². The Morgan fingerprint density at radius 3 is 2.94 bits per heavy atom. The molecule has 0 aliphatic heterocycles. The van der Waals surface area contributed by atoms with Crippen LogP contribution in [0.25, 0.3) is 0 Å². The lowest BCUT2D eigenvalue weighted by molar-refractivity contribution is 0.399. The van der Waals surface area contributed by atoms with Crippen LogP contribution in [-0.4, -0.2) is 12.1 Å². The Morgan fingerprint density at radius 2 is 2.29 bits per heavy atom. The molecule has 1 unspecified atom stereocenters. The highest BCUT2D eigenvalue weighted by Crippen LogP contribution is 2.32. The Hall–Kier alpha value is -1.07. The summed E-state index contributed by atoms with van der Waals surface area (Å²) in [5.41, 5.74) is 0.905. The molecule has 0 aliphatic carbocycles. The average molecular weight is 313 g/mol. The molecular formula is C12H13BrN2OS. The molecular weight excluding hydrogens is 300 g/mol. The van der Waals surface area contributed by atoms with Crippen LogP contribution in [0.15, 0.2) is 34.2 Å². The molecule has 17 heavy (non-hydrogen) atoms. The van der Waals surface area contributed by atoms with Gasteiger partial charge in [-0.3, -0.25) is 0 Å².